The number of rotatable bonds is 4. The second kappa shape index (κ2) is 8.79. The number of anilines is 1. The number of esters is 1. The Bertz CT molecular complexity index is 883. The smallest absolute Gasteiger partial charge is 0.309 e. The summed E-state index contributed by atoms with van der Waals surface area (Å²) in [5.41, 5.74) is 0.330. The van der Waals surface area contributed by atoms with E-state index < -0.39 is 16.1 Å². The normalized spacial score (nSPS) is 20.4. The second-order valence-corrected chi connectivity index (χ2v) is 9.54. The van der Waals surface area contributed by atoms with Crippen LogP contribution in [-0.2, 0) is 24.3 Å². The Kier molecular flexibility index (Phi) is 6.58. The number of fused-ring (bicyclic) bond motifs is 1. The maximum atomic E-state index is 13.0. The molecule has 2 aliphatic rings. The van der Waals surface area contributed by atoms with Crippen LogP contribution in [0, 0.1) is 5.92 Å². The number of benzene rings is 1. The highest BCUT2D eigenvalue weighted by molar-refractivity contribution is 7.92. The van der Waals surface area contributed by atoms with Crippen LogP contribution in [-0.4, -0.2) is 63.8 Å². The Balaban J connectivity index is 1.73. The van der Waals surface area contributed by atoms with Crippen LogP contribution in [0.1, 0.15) is 26.2 Å². The average molecular weight is 445 g/mol. The summed E-state index contributed by atoms with van der Waals surface area (Å²) in [6, 6.07) is 4.70. The predicted molar refractivity (Wildman–Crippen MR) is 109 cm³/mol. The standard InChI is InChI=1S/C19H25ClN2O6S/c1-3-27-19(24)13-6-9-21(10-7-13)18(23)17-8-11-22(29(2,25)26)15-12-14(20)4-5-16(15)28-17/h4-5,12-13,17H,3,6-11H2,1-2H3/t17-/m0/s1. The summed E-state index contributed by atoms with van der Waals surface area (Å²) in [5.74, 6) is -0.321. The fourth-order valence-corrected chi connectivity index (χ4v) is 4.77. The van der Waals surface area contributed by atoms with Crippen LogP contribution in [0.25, 0.3) is 0 Å². The summed E-state index contributed by atoms with van der Waals surface area (Å²) in [5, 5.41) is 0.381. The minimum absolute atomic E-state index is 0.113. The molecule has 0 aliphatic carbocycles. The third kappa shape index (κ3) is 4.95. The lowest BCUT2D eigenvalue weighted by molar-refractivity contribution is -0.152. The number of hydrogen-bond donors (Lipinski definition) is 0. The summed E-state index contributed by atoms with van der Waals surface area (Å²) in [7, 11) is -3.56. The van der Waals surface area contributed by atoms with Crippen molar-refractivity contribution < 1.29 is 27.5 Å². The van der Waals surface area contributed by atoms with Crippen molar-refractivity contribution >= 4 is 39.2 Å². The molecular weight excluding hydrogens is 420 g/mol. The first-order valence-electron chi connectivity index (χ1n) is 9.60. The van der Waals surface area contributed by atoms with Gasteiger partial charge in [-0.1, -0.05) is 11.6 Å². The van der Waals surface area contributed by atoms with E-state index >= 15 is 0 Å². The van der Waals surface area contributed by atoms with Gasteiger partial charge in [0.25, 0.3) is 5.91 Å². The highest BCUT2D eigenvalue weighted by Crippen LogP contribution is 2.36. The Morgan fingerprint density at radius 1 is 1.21 bits per heavy atom. The Morgan fingerprint density at radius 3 is 2.52 bits per heavy atom. The highest BCUT2D eigenvalue weighted by atomic mass is 35.5. The largest absolute Gasteiger partial charge is 0.478 e. The molecule has 0 unspecified atom stereocenters. The number of hydrogen-bond acceptors (Lipinski definition) is 6. The van der Waals surface area contributed by atoms with Gasteiger partial charge < -0.3 is 14.4 Å². The van der Waals surface area contributed by atoms with Crippen molar-refractivity contribution in [3.8, 4) is 5.75 Å². The molecule has 0 bridgehead atoms. The number of piperidine rings is 1. The summed E-state index contributed by atoms with van der Waals surface area (Å²) in [6.45, 7) is 3.09. The number of amides is 1. The van der Waals surface area contributed by atoms with Crippen molar-refractivity contribution in [2.45, 2.75) is 32.3 Å². The number of sulfonamides is 1. The number of halogens is 1. The van der Waals surface area contributed by atoms with Crippen LogP contribution < -0.4 is 9.04 Å². The molecule has 1 amide bonds. The van der Waals surface area contributed by atoms with E-state index in [1.54, 1.807) is 24.0 Å². The van der Waals surface area contributed by atoms with E-state index in [0.717, 1.165) is 6.26 Å². The lowest BCUT2D eigenvalue weighted by atomic mass is 9.96. The number of carbonyl (C=O) groups is 2. The van der Waals surface area contributed by atoms with E-state index in [-0.39, 0.29) is 30.8 Å². The lowest BCUT2D eigenvalue weighted by Gasteiger charge is -2.33. The van der Waals surface area contributed by atoms with Gasteiger partial charge in [0.15, 0.2) is 6.10 Å². The lowest BCUT2D eigenvalue weighted by Crippen LogP contribution is -2.47. The van der Waals surface area contributed by atoms with Gasteiger partial charge in [0.1, 0.15) is 5.75 Å². The number of ether oxygens (including phenoxy) is 2. The van der Waals surface area contributed by atoms with E-state index in [9.17, 15) is 18.0 Å². The molecule has 1 aromatic rings. The molecule has 10 heteroatoms. The highest BCUT2D eigenvalue weighted by Gasteiger charge is 2.36. The predicted octanol–water partition coefficient (Wildman–Crippen LogP) is 2.06. The number of carbonyl (C=O) groups excluding carboxylic acids is 2. The van der Waals surface area contributed by atoms with Crippen LogP contribution >= 0.6 is 11.6 Å². The Hall–Kier alpha value is -2.00. The molecule has 8 nitrogen and oxygen atoms in total. The van der Waals surface area contributed by atoms with Gasteiger partial charge in [0.2, 0.25) is 10.0 Å². The van der Waals surface area contributed by atoms with E-state index in [0.29, 0.717) is 49.0 Å². The van der Waals surface area contributed by atoms with Crippen LogP contribution in [0.5, 0.6) is 5.75 Å². The van der Waals surface area contributed by atoms with Crippen molar-refractivity contribution in [1.82, 2.24) is 4.90 Å². The van der Waals surface area contributed by atoms with Gasteiger partial charge in [-0.3, -0.25) is 13.9 Å². The zero-order chi connectivity index (χ0) is 21.2. The molecule has 1 saturated heterocycles. The topological polar surface area (TPSA) is 93.2 Å². The van der Waals surface area contributed by atoms with Crippen LogP contribution in [0.4, 0.5) is 5.69 Å². The van der Waals surface area contributed by atoms with Gasteiger partial charge >= 0.3 is 5.97 Å². The minimum Gasteiger partial charge on any atom is -0.478 e. The zero-order valence-corrected chi connectivity index (χ0v) is 18.0. The van der Waals surface area contributed by atoms with Crippen molar-refractivity contribution in [2.75, 3.05) is 36.8 Å². The molecule has 1 aromatic carbocycles. The third-order valence-electron chi connectivity index (χ3n) is 5.16. The molecular formula is C19H25ClN2O6S. The van der Waals surface area contributed by atoms with E-state index in [1.165, 1.54) is 10.4 Å². The van der Waals surface area contributed by atoms with Crippen LogP contribution in [0.3, 0.4) is 0 Å². The van der Waals surface area contributed by atoms with Crippen molar-refractivity contribution in [2.24, 2.45) is 5.92 Å². The van der Waals surface area contributed by atoms with E-state index in [4.69, 9.17) is 21.1 Å². The third-order valence-corrected chi connectivity index (χ3v) is 6.57. The number of nitrogens with zero attached hydrogens (tertiary/aromatic N) is 2. The van der Waals surface area contributed by atoms with Crippen LogP contribution in [0.2, 0.25) is 5.02 Å². The average Bonchev–Trinajstić information content (AvgIpc) is 2.87. The summed E-state index contributed by atoms with van der Waals surface area (Å²) in [4.78, 5) is 26.6. The van der Waals surface area contributed by atoms with E-state index in [1.807, 2.05) is 0 Å². The molecule has 0 saturated carbocycles. The summed E-state index contributed by atoms with van der Waals surface area (Å²) in [6.07, 6.45) is 1.61. The summed E-state index contributed by atoms with van der Waals surface area (Å²) >= 11 is 6.04. The molecule has 29 heavy (non-hydrogen) atoms. The first-order chi connectivity index (χ1) is 13.7. The van der Waals surface area contributed by atoms with Gasteiger partial charge in [0.05, 0.1) is 24.5 Å². The molecule has 2 aliphatic heterocycles. The molecule has 0 radical (unpaired) electrons. The Morgan fingerprint density at radius 2 is 1.90 bits per heavy atom. The van der Waals surface area contributed by atoms with Crippen molar-refractivity contribution in [3.63, 3.8) is 0 Å². The molecule has 2 heterocycles. The molecule has 1 atom stereocenters. The maximum Gasteiger partial charge on any atom is 0.309 e. The quantitative estimate of drug-likeness (QED) is 0.660. The van der Waals surface area contributed by atoms with E-state index in [2.05, 4.69) is 0 Å². The van der Waals surface area contributed by atoms with Crippen molar-refractivity contribution in [1.29, 1.82) is 0 Å². The first kappa shape index (κ1) is 21.7. The fraction of sp³-hybridized carbons (Fsp3) is 0.579. The van der Waals surface area contributed by atoms with Gasteiger partial charge in [0, 0.05) is 31.1 Å². The minimum atomic E-state index is -3.56. The van der Waals surface area contributed by atoms with Gasteiger partial charge in [-0.25, -0.2) is 8.42 Å². The van der Waals surface area contributed by atoms with Gasteiger partial charge in [-0.2, -0.15) is 0 Å². The second-order valence-electron chi connectivity index (χ2n) is 7.19. The molecule has 160 valence electrons. The Labute approximate surface area is 175 Å². The molecule has 0 N–H and O–H groups in total. The summed E-state index contributed by atoms with van der Waals surface area (Å²) < 4.78 is 36.7. The molecule has 0 spiro atoms. The van der Waals surface area contributed by atoms with Gasteiger partial charge in [-0.05, 0) is 38.0 Å². The zero-order valence-electron chi connectivity index (χ0n) is 16.5. The van der Waals surface area contributed by atoms with Crippen LogP contribution in [0.15, 0.2) is 18.2 Å². The maximum absolute atomic E-state index is 13.0. The number of likely N-dealkylation sites (tertiary alicyclic amines) is 1. The monoisotopic (exact) mass is 444 g/mol. The molecule has 3 rings (SSSR count). The first-order valence-corrected chi connectivity index (χ1v) is 11.8. The van der Waals surface area contributed by atoms with Gasteiger partial charge in [-0.15, -0.1) is 0 Å². The molecule has 0 aromatic heterocycles. The SMILES string of the molecule is CCOC(=O)C1CCN(C(=O)[C@@H]2CCN(S(C)(=O)=O)c3cc(Cl)ccc3O2)CC1. The fourth-order valence-electron chi connectivity index (χ4n) is 3.67. The van der Waals surface area contributed by atoms with Crippen molar-refractivity contribution in [3.05, 3.63) is 23.2 Å². The molecule has 1 fully saturated rings.